The van der Waals surface area contributed by atoms with Gasteiger partial charge in [0.2, 0.25) is 0 Å². The molecule has 1 aromatic heterocycles. The first kappa shape index (κ1) is 16.5. The maximum Gasteiger partial charge on any atom is 0.355 e. The van der Waals surface area contributed by atoms with Crippen molar-refractivity contribution in [3.8, 4) is 0 Å². The summed E-state index contributed by atoms with van der Waals surface area (Å²) in [6.45, 7) is -0.680. The minimum atomic E-state index is -0.945. The number of imide groups is 1. The van der Waals surface area contributed by atoms with Crippen molar-refractivity contribution in [2.24, 2.45) is 0 Å². The normalized spacial score (nSPS) is 10.0. The molecule has 0 saturated carbocycles. The molecule has 0 aliphatic carbocycles. The second-order valence-electron chi connectivity index (χ2n) is 4.29. The van der Waals surface area contributed by atoms with E-state index in [1.165, 1.54) is 30.5 Å². The van der Waals surface area contributed by atoms with Gasteiger partial charge in [-0.1, -0.05) is 23.7 Å². The van der Waals surface area contributed by atoms with Crippen molar-refractivity contribution in [1.29, 1.82) is 0 Å². The van der Waals surface area contributed by atoms with Gasteiger partial charge in [-0.2, -0.15) is 0 Å². The summed E-state index contributed by atoms with van der Waals surface area (Å²) >= 11 is 5.62. The smallest absolute Gasteiger partial charge is 0.355 e. The maximum absolute atomic E-state index is 13.3. The third kappa shape index (κ3) is 4.82. The quantitative estimate of drug-likeness (QED) is 0.744. The molecular weight excluding hydrogens is 329 g/mol. The number of halogens is 2. The predicted octanol–water partition coefficient (Wildman–Crippen LogP) is 2.31. The molecule has 0 aliphatic rings. The molecule has 120 valence electrons. The number of rotatable bonds is 4. The Bertz CT molecular complexity index is 747. The summed E-state index contributed by atoms with van der Waals surface area (Å²) in [5.74, 6) is -2.32. The molecule has 2 aromatic rings. The summed E-state index contributed by atoms with van der Waals surface area (Å²) in [6.07, 6.45) is 1.38. The molecule has 1 heterocycles. The number of para-hydroxylation sites is 1. The van der Waals surface area contributed by atoms with Gasteiger partial charge in [0.15, 0.2) is 6.61 Å². The Morgan fingerprint density at radius 1 is 1.26 bits per heavy atom. The van der Waals surface area contributed by atoms with E-state index in [1.54, 1.807) is 0 Å². The van der Waals surface area contributed by atoms with Gasteiger partial charge in [0, 0.05) is 6.20 Å². The first-order chi connectivity index (χ1) is 11.0. The Kier molecular flexibility index (Phi) is 5.32. The third-order valence-electron chi connectivity index (χ3n) is 2.58. The summed E-state index contributed by atoms with van der Waals surface area (Å²) in [6, 6.07) is 5.83. The van der Waals surface area contributed by atoms with Crippen molar-refractivity contribution in [1.82, 2.24) is 10.3 Å². The number of hydrogen-bond donors (Lipinski definition) is 3. The number of ether oxygens (including phenoxy) is 1. The number of esters is 1. The van der Waals surface area contributed by atoms with Gasteiger partial charge < -0.3 is 15.0 Å². The highest BCUT2D eigenvalue weighted by Gasteiger charge is 2.14. The maximum atomic E-state index is 13.3. The topological polar surface area (TPSA) is 100 Å². The lowest BCUT2D eigenvalue weighted by molar-refractivity contribution is -0.123. The van der Waals surface area contributed by atoms with Crippen LogP contribution in [0.4, 0.5) is 14.9 Å². The highest BCUT2D eigenvalue weighted by Crippen LogP contribution is 2.12. The first-order valence-electron chi connectivity index (χ1n) is 6.32. The average Bonchev–Trinajstić information content (AvgIpc) is 2.94. The van der Waals surface area contributed by atoms with Gasteiger partial charge in [-0.15, -0.1) is 0 Å². The minimum absolute atomic E-state index is 0.0682. The largest absolute Gasteiger partial charge is 0.451 e. The standard InChI is InChI=1S/C14H11ClFN3O4/c15-8-5-11(17-6-8)13(21)23-7-12(20)19-14(22)18-10-4-2-1-3-9(10)16/h1-6,17H,7H2,(H2,18,19,20,22). The molecule has 1 aromatic carbocycles. The lowest BCUT2D eigenvalue weighted by Gasteiger charge is -2.07. The molecule has 0 spiro atoms. The van der Waals surface area contributed by atoms with Gasteiger partial charge in [0.25, 0.3) is 5.91 Å². The molecule has 2 rings (SSSR count). The molecule has 3 N–H and O–H groups in total. The molecule has 3 amide bonds. The van der Waals surface area contributed by atoms with Crippen molar-refractivity contribution in [2.45, 2.75) is 0 Å². The van der Waals surface area contributed by atoms with E-state index in [9.17, 15) is 18.8 Å². The van der Waals surface area contributed by atoms with E-state index in [1.807, 2.05) is 5.32 Å². The highest BCUT2D eigenvalue weighted by molar-refractivity contribution is 6.30. The van der Waals surface area contributed by atoms with E-state index in [2.05, 4.69) is 15.0 Å². The molecule has 23 heavy (non-hydrogen) atoms. The number of H-pyrrole nitrogens is 1. The summed E-state index contributed by atoms with van der Waals surface area (Å²) in [7, 11) is 0. The zero-order chi connectivity index (χ0) is 16.8. The van der Waals surface area contributed by atoms with Crippen molar-refractivity contribution in [2.75, 3.05) is 11.9 Å². The Labute approximate surface area is 134 Å². The van der Waals surface area contributed by atoms with Crippen LogP contribution in [-0.4, -0.2) is 29.5 Å². The number of anilines is 1. The third-order valence-corrected chi connectivity index (χ3v) is 2.80. The van der Waals surface area contributed by atoms with Gasteiger partial charge in [0.1, 0.15) is 11.5 Å². The predicted molar refractivity (Wildman–Crippen MR) is 79.6 cm³/mol. The highest BCUT2D eigenvalue weighted by atomic mass is 35.5. The number of amides is 3. The second-order valence-corrected chi connectivity index (χ2v) is 4.73. The molecule has 7 nitrogen and oxygen atoms in total. The fourth-order valence-electron chi connectivity index (χ4n) is 1.57. The number of benzene rings is 1. The van der Waals surface area contributed by atoms with Crippen molar-refractivity contribution in [3.05, 3.63) is 53.1 Å². The van der Waals surface area contributed by atoms with Crippen LogP contribution in [0.2, 0.25) is 5.02 Å². The molecule has 0 saturated heterocycles. The van der Waals surface area contributed by atoms with E-state index in [-0.39, 0.29) is 11.4 Å². The molecule has 0 fully saturated rings. The molecular formula is C14H11ClFN3O4. The summed E-state index contributed by atoms with van der Waals surface area (Å²) in [5, 5.41) is 4.36. The Balaban J connectivity index is 1.79. The van der Waals surface area contributed by atoms with Crippen LogP contribution in [0.5, 0.6) is 0 Å². The lowest BCUT2D eigenvalue weighted by atomic mass is 10.3. The van der Waals surface area contributed by atoms with Crippen LogP contribution in [0.25, 0.3) is 0 Å². The second kappa shape index (κ2) is 7.41. The van der Waals surface area contributed by atoms with Gasteiger partial charge in [0.05, 0.1) is 10.7 Å². The summed E-state index contributed by atoms with van der Waals surface area (Å²) in [4.78, 5) is 37.1. The van der Waals surface area contributed by atoms with E-state index < -0.39 is 30.3 Å². The Morgan fingerprint density at radius 3 is 2.65 bits per heavy atom. The van der Waals surface area contributed by atoms with Gasteiger partial charge in [-0.3, -0.25) is 10.1 Å². The molecule has 0 bridgehead atoms. The monoisotopic (exact) mass is 339 g/mol. The fraction of sp³-hybridized carbons (Fsp3) is 0.0714. The number of aromatic amines is 1. The van der Waals surface area contributed by atoms with Crippen LogP contribution < -0.4 is 10.6 Å². The fourth-order valence-corrected chi connectivity index (χ4v) is 1.74. The van der Waals surface area contributed by atoms with Crippen LogP contribution in [0, 0.1) is 5.82 Å². The van der Waals surface area contributed by atoms with Gasteiger partial charge in [-0.25, -0.2) is 14.0 Å². The molecule has 0 unspecified atom stereocenters. The van der Waals surface area contributed by atoms with E-state index in [4.69, 9.17) is 11.6 Å². The number of carbonyl (C=O) groups excluding carboxylic acids is 3. The van der Waals surface area contributed by atoms with Gasteiger partial charge >= 0.3 is 12.0 Å². The van der Waals surface area contributed by atoms with Crippen LogP contribution in [0.3, 0.4) is 0 Å². The molecule has 0 aliphatic heterocycles. The van der Waals surface area contributed by atoms with Crippen LogP contribution in [0.1, 0.15) is 10.5 Å². The Morgan fingerprint density at radius 2 is 2.00 bits per heavy atom. The van der Waals surface area contributed by atoms with E-state index >= 15 is 0 Å². The lowest BCUT2D eigenvalue weighted by Crippen LogP contribution is -2.37. The minimum Gasteiger partial charge on any atom is -0.451 e. The average molecular weight is 340 g/mol. The number of carbonyl (C=O) groups is 3. The number of urea groups is 1. The summed E-state index contributed by atoms with van der Waals surface area (Å²) < 4.78 is 18.0. The zero-order valence-corrected chi connectivity index (χ0v) is 12.3. The SMILES string of the molecule is O=C(COC(=O)c1cc(Cl)c[nH]1)NC(=O)Nc1ccccc1F. The van der Waals surface area contributed by atoms with Crippen LogP contribution in [-0.2, 0) is 9.53 Å². The summed E-state index contributed by atoms with van der Waals surface area (Å²) in [5.41, 5.74) is -0.0190. The van der Waals surface area contributed by atoms with Crippen LogP contribution in [0.15, 0.2) is 36.5 Å². The molecule has 0 atom stereocenters. The number of nitrogens with one attached hydrogen (secondary N) is 3. The van der Waals surface area contributed by atoms with E-state index in [0.29, 0.717) is 5.02 Å². The van der Waals surface area contributed by atoms with Gasteiger partial charge in [-0.05, 0) is 18.2 Å². The van der Waals surface area contributed by atoms with Crippen molar-refractivity contribution >= 4 is 35.2 Å². The zero-order valence-electron chi connectivity index (χ0n) is 11.6. The molecule has 0 radical (unpaired) electrons. The van der Waals surface area contributed by atoms with E-state index in [0.717, 1.165) is 6.07 Å². The first-order valence-corrected chi connectivity index (χ1v) is 6.70. The van der Waals surface area contributed by atoms with Crippen molar-refractivity contribution < 1.29 is 23.5 Å². The Hall–Kier alpha value is -2.87. The number of aromatic nitrogens is 1. The number of hydrogen-bond acceptors (Lipinski definition) is 4. The van der Waals surface area contributed by atoms with Crippen molar-refractivity contribution in [3.63, 3.8) is 0 Å². The van der Waals surface area contributed by atoms with Crippen LogP contribution >= 0.6 is 11.6 Å². The molecule has 9 heteroatoms.